The van der Waals surface area contributed by atoms with Crippen molar-refractivity contribution in [3.63, 3.8) is 0 Å². The quantitative estimate of drug-likeness (QED) is 0.607. The van der Waals surface area contributed by atoms with Gasteiger partial charge >= 0.3 is 5.97 Å². The second-order valence-corrected chi connectivity index (χ2v) is 7.41. The summed E-state index contributed by atoms with van der Waals surface area (Å²) in [6.07, 6.45) is 5.08. The molecule has 1 fully saturated rings. The molecule has 3 atom stereocenters. The van der Waals surface area contributed by atoms with Crippen LogP contribution in [0.1, 0.15) is 52.9 Å². The van der Waals surface area contributed by atoms with Gasteiger partial charge in [-0.2, -0.15) is 11.8 Å². The smallest absolute Gasteiger partial charge is 0.326 e. The van der Waals surface area contributed by atoms with Crippen LogP contribution in [0.2, 0.25) is 0 Å². The molecule has 0 aromatic rings. The molecule has 0 saturated heterocycles. The topological polar surface area (TPSA) is 58.6 Å². The molecule has 4 nitrogen and oxygen atoms in total. The molecular weight excluding hydrogens is 286 g/mol. The Balaban J connectivity index is 2.66. The molecule has 1 rings (SSSR count). The molecule has 0 amide bonds. The number of hydrogen-bond acceptors (Lipinski definition) is 5. The summed E-state index contributed by atoms with van der Waals surface area (Å²) >= 11 is 1.78. The van der Waals surface area contributed by atoms with Gasteiger partial charge in [0.05, 0.1) is 13.2 Å². The Morgan fingerprint density at radius 1 is 1.52 bits per heavy atom. The number of thioether (sulfide) groups is 1. The lowest BCUT2D eigenvalue weighted by molar-refractivity contribution is -0.153. The highest BCUT2D eigenvalue weighted by Crippen LogP contribution is 2.40. The Morgan fingerprint density at radius 3 is 2.90 bits per heavy atom. The zero-order valence-electron chi connectivity index (χ0n) is 13.7. The van der Waals surface area contributed by atoms with Gasteiger partial charge in [0.1, 0.15) is 5.54 Å². The maximum atomic E-state index is 12.5. The van der Waals surface area contributed by atoms with Crippen LogP contribution in [0.5, 0.6) is 0 Å². The summed E-state index contributed by atoms with van der Waals surface area (Å²) in [5, 5.41) is 12.9. The first-order valence-corrected chi connectivity index (χ1v) is 9.30. The van der Waals surface area contributed by atoms with Crippen LogP contribution in [-0.2, 0) is 9.53 Å². The van der Waals surface area contributed by atoms with Gasteiger partial charge < -0.3 is 15.2 Å². The zero-order valence-corrected chi connectivity index (χ0v) is 14.5. The highest BCUT2D eigenvalue weighted by molar-refractivity contribution is 7.99. The summed E-state index contributed by atoms with van der Waals surface area (Å²) in [5.41, 5.74) is -0.477. The van der Waals surface area contributed by atoms with Gasteiger partial charge in [-0.1, -0.05) is 20.3 Å². The molecule has 0 aromatic heterocycles. The third-order valence-electron chi connectivity index (χ3n) is 4.28. The van der Waals surface area contributed by atoms with Gasteiger partial charge in [-0.25, -0.2) is 0 Å². The number of nitrogens with one attached hydrogen (secondary N) is 1. The summed E-state index contributed by atoms with van der Waals surface area (Å²) in [7, 11) is 0. The third kappa shape index (κ3) is 5.15. The van der Waals surface area contributed by atoms with Crippen LogP contribution in [0.25, 0.3) is 0 Å². The standard InChI is InChI=1S/C16H31NO3S/c1-4-10-17-16(15(19)20-5-2)9-6-7-14(16)8-11-21-13(3)12-18/h13-14,17-18H,4-12H2,1-3H3. The van der Waals surface area contributed by atoms with Crippen molar-refractivity contribution in [3.8, 4) is 0 Å². The molecule has 21 heavy (non-hydrogen) atoms. The van der Waals surface area contributed by atoms with Gasteiger partial charge in [0.2, 0.25) is 0 Å². The van der Waals surface area contributed by atoms with Crippen molar-refractivity contribution in [2.75, 3.05) is 25.5 Å². The normalized spacial score (nSPS) is 26.8. The highest BCUT2D eigenvalue weighted by atomic mass is 32.2. The Labute approximate surface area is 133 Å². The molecule has 0 bridgehead atoms. The fraction of sp³-hybridized carbons (Fsp3) is 0.938. The lowest BCUT2D eigenvalue weighted by Gasteiger charge is -2.34. The molecule has 2 N–H and O–H groups in total. The van der Waals surface area contributed by atoms with Gasteiger partial charge in [-0.15, -0.1) is 0 Å². The largest absolute Gasteiger partial charge is 0.465 e. The van der Waals surface area contributed by atoms with Gasteiger partial charge in [-0.05, 0) is 50.8 Å². The minimum atomic E-state index is -0.477. The summed E-state index contributed by atoms with van der Waals surface area (Å²) in [4.78, 5) is 12.5. The average Bonchev–Trinajstić information content (AvgIpc) is 2.89. The number of esters is 1. The van der Waals surface area contributed by atoms with E-state index in [0.29, 0.717) is 12.5 Å². The summed E-state index contributed by atoms with van der Waals surface area (Å²) < 4.78 is 5.36. The molecule has 1 saturated carbocycles. The molecule has 124 valence electrons. The molecule has 0 heterocycles. The molecule has 0 aromatic carbocycles. The van der Waals surface area contributed by atoms with Crippen molar-refractivity contribution in [1.29, 1.82) is 0 Å². The van der Waals surface area contributed by atoms with Crippen LogP contribution in [0, 0.1) is 5.92 Å². The molecule has 1 aliphatic rings. The average molecular weight is 317 g/mol. The van der Waals surface area contributed by atoms with E-state index >= 15 is 0 Å². The van der Waals surface area contributed by atoms with E-state index in [-0.39, 0.29) is 17.8 Å². The van der Waals surface area contributed by atoms with E-state index in [2.05, 4.69) is 12.2 Å². The van der Waals surface area contributed by atoms with Crippen LogP contribution in [0.3, 0.4) is 0 Å². The van der Waals surface area contributed by atoms with Crippen LogP contribution in [0.4, 0.5) is 0 Å². The number of carbonyl (C=O) groups excluding carboxylic acids is 1. The predicted octanol–water partition coefficient (Wildman–Crippen LogP) is 2.59. The summed E-state index contributed by atoms with van der Waals surface area (Å²) in [6, 6.07) is 0. The number of ether oxygens (including phenoxy) is 1. The molecule has 3 unspecified atom stereocenters. The van der Waals surface area contributed by atoms with Crippen molar-refractivity contribution in [2.45, 2.75) is 63.7 Å². The van der Waals surface area contributed by atoms with Crippen molar-refractivity contribution < 1.29 is 14.6 Å². The first kappa shape index (κ1) is 18.8. The second kappa shape index (κ2) is 9.70. The van der Waals surface area contributed by atoms with E-state index in [9.17, 15) is 4.79 Å². The number of hydrogen-bond donors (Lipinski definition) is 2. The molecule has 0 spiro atoms. The number of aliphatic hydroxyl groups is 1. The minimum Gasteiger partial charge on any atom is -0.465 e. The van der Waals surface area contributed by atoms with E-state index in [4.69, 9.17) is 9.84 Å². The zero-order chi connectivity index (χ0) is 15.7. The van der Waals surface area contributed by atoms with Crippen LogP contribution in [-0.4, -0.2) is 47.4 Å². The Kier molecular flexibility index (Phi) is 8.67. The van der Waals surface area contributed by atoms with E-state index in [1.807, 2.05) is 13.8 Å². The number of carbonyl (C=O) groups is 1. The molecule has 1 aliphatic carbocycles. The first-order valence-electron chi connectivity index (χ1n) is 8.25. The Morgan fingerprint density at radius 2 is 2.29 bits per heavy atom. The van der Waals surface area contributed by atoms with E-state index in [1.54, 1.807) is 11.8 Å². The molecule has 0 radical (unpaired) electrons. The van der Waals surface area contributed by atoms with E-state index < -0.39 is 5.54 Å². The van der Waals surface area contributed by atoms with Crippen molar-refractivity contribution >= 4 is 17.7 Å². The lowest BCUT2D eigenvalue weighted by Crippen LogP contribution is -2.56. The minimum absolute atomic E-state index is 0.0684. The van der Waals surface area contributed by atoms with Crippen molar-refractivity contribution in [3.05, 3.63) is 0 Å². The first-order chi connectivity index (χ1) is 10.1. The maximum absolute atomic E-state index is 12.5. The van der Waals surface area contributed by atoms with Gasteiger partial charge in [0.15, 0.2) is 0 Å². The lowest BCUT2D eigenvalue weighted by atomic mass is 9.84. The fourth-order valence-electron chi connectivity index (χ4n) is 3.11. The Hall–Kier alpha value is -0.260. The fourth-order valence-corrected chi connectivity index (χ4v) is 4.04. The summed E-state index contributed by atoms with van der Waals surface area (Å²) in [6.45, 7) is 7.54. The third-order valence-corrected chi connectivity index (χ3v) is 5.47. The molecule has 0 aliphatic heterocycles. The van der Waals surface area contributed by atoms with E-state index in [1.165, 1.54) is 0 Å². The van der Waals surface area contributed by atoms with Crippen LogP contribution < -0.4 is 5.32 Å². The monoisotopic (exact) mass is 317 g/mol. The van der Waals surface area contributed by atoms with Crippen molar-refractivity contribution in [1.82, 2.24) is 5.32 Å². The highest BCUT2D eigenvalue weighted by Gasteiger charge is 2.49. The number of aliphatic hydroxyl groups excluding tert-OH is 1. The van der Waals surface area contributed by atoms with Gasteiger partial charge in [0.25, 0.3) is 0 Å². The van der Waals surface area contributed by atoms with Gasteiger partial charge in [-0.3, -0.25) is 4.79 Å². The van der Waals surface area contributed by atoms with E-state index in [0.717, 1.165) is 44.4 Å². The SMILES string of the molecule is CCCNC1(C(=O)OCC)CCCC1CCSC(C)CO. The van der Waals surface area contributed by atoms with Gasteiger partial charge in [0, 0.05) is 5.25 Å². The molecule has 5 heteroatoms. The maximum Gasteiger partial charge on any atom is 0.326 e. The summed E-state index contributed by atoms with van der Waals surface area (Å²) in [5.74, 6) is 1.27. The van der Waals surface area contributed by atoms with Crippen LogP contribution >= 0.6 is 11.8 Å². The Bertz CT molecular complexity index is 314. The second-order valence-electron chi connectivity index (χ2n) is 5.86. The van der Waals surface area contributed by atoms with Crippen LogP contribution in [0.15, 0.2) is 0 Å². The number of rotatable bonds is 10. The molecular formula is C16H31NO3S. The van der Waals surface area contributed by atoms with Crippen molar-refractivity contribution in [2.24, 2.45) is 5.92 Å². The predicted molar refractivity (Wildman–Crippen MR) is 88.6 cm³/mol.